The fourth-order valence-corrected chi connectivity index (χ4v) is 2.00. The average molecular weight is 231 g/mol. The standard InChI is InChI=1S/C13H14FN3/c14-11-8-10(9-13(15)4-5-13)2-3-12(11)17-7-1-6-16-17/h1-3,6-8H,4-5,9,15H2. The van der Waals surface area contributed by atoms with Crippen molar-refractivity contribution >= 4 is 0 Å². The second-order valence-electron chi connectivity index (χ2n) is 4.78. The summed E-state index contributed by atoms with van der Waals surface area (Å²) in [5.74, 6) is -0.254. The number of benzene rings is 1. The molecule has 1 aromatic heterocycles. The van der Waals surface area contributed by atoms with Crippen LogP contribution >= 0.6 is 0 Å². The third-order valence-corrected chi connectivity index (χ3v) is 3.21. The quantitative estimate of drug-likeness (QED) is 0.878. The van der Waals surface area contributed by atoms with Crippen LogP contribution in [0.15, 0.2) is 36.7 Å². The smallest absolute Gasteiger partial charge is 0.149 e. The monoisotopic (exact) mass is 231 g/mol. The molecule has 1 saturated carbocycles. The van der Waals surface area contributed by atoms with Gasteiger partial charge in [0.05, 0.1) is 0 Å². The normalized spacial score (nSPS) is 17.1. The van der Waals surface area contributed by atoms with E-state index >= 15 is 0 Å². The second-order valence-corrected chi connectivity index (χ2v) is 4.78. The Morgan fingerprint density at radius 2 is 2.24 bits per heavy atom. The molecule has 88 valence electrons. The molecule has 3 nitrogen and oxygen atoms in total. The third kappa shape index (κ3) is 2.08. The molecule has 3 rings (SSSR count). The van der Waals surface area contributed by atoms with Crippen LogP contribution in [0.25, 0.3) is 5.69 Å². The number of halogens is 1. The van der Waals surface area contributed by atoms with Crippen LogP contribution in [0.4, 0.5) is 4.39 Å². The summed E-state index contributed by atoms with van der Waals surface area (Å²) in [7, 11) is 0. The molecule has 0 atom stereocenters. The molecule has 0 amide bonds. The van der Waals surface area contributed by atoms with E-state index in [0.29, 0.717) is 5.69 Å². The molecule has 2 aromatic rings. The molecule has 1 heterocycles. The van der Waals surface area contributed by atoms with Crippen molar-refractivity contribution in [3.63, 3.8) is 0 Å². The van der Waals surface area contributed by atoms with Crippen molar-refractivity contribution in [3.8, 4) is 5.69 Å². The van der Waals surface area contributed by atoms with Crippen LogP contribution in [0.3, 0.4) is 0 Å². The maximum atomic E-state index is 13.9. The molecule has 4 heteroatoms. The summed E-state index contributed by atoms with van der Waals surface area (Å²) in [6, 6.07) is 7.01. The Hall–Kier alpha value is -1.68. The van der Waals surface area contributed by atoms with Crippen molar-refractivity contribution in [3.05, 3.63) is 48.0 Å². The van der Waals surface area contributed by atoms with Gasteiger partial charge in [-0.15, -0.1) is 0 Å². The molecule has 0 bridgehead atoms. The first-order chi connectivity index (χ1) is 8.16. The van der Waals surface area contributed by atoms with E-state index in [4.69, 9.17) is 5.73 Å². The molecule has 0 aliphatic heterocycles. The van der Waals surface area contributed by atoms with Gasteiger partial charge in [0.25, 0.3) is 0 Å². The van der Waals surface area contributed by atoms with Gasteiger partial charge in [0.15, 0.2) is 0 Å². The van der Waals surface area contributed by atoms with Crippen molar-refractivity contribution in [2.75, 3.05) is 0 Å². The van der Waals surface area contributed by atoms with Crippen LogP contribution in [0, 0.1) is 5.82 Å². The van der Waals surface area contributed by atoms with Crippen molar-refractivity contribution in [1.82, 2.24) is 9.78 Å². The number of nitrogens with zero attached hydrogens (tertiary/aromatic N) is 2. The van der Waals surface area contributed by atoms with Gasteiger partial charge in [-0.05, 0) is 43.0 Å². The highest BCUT2D eigenvalue weighted by atomic mass is 19.1. The van der Waals surface area contributed by atoms with E-state index in [9.17, 15) is 4.39 Å². The second kappa shape index (κ2) is 3.67. The Kier molecular flexibility index (Phi) is 2.26. The van der Waals surface area contributed by atoms with E-state index in [1.165, 1.54) is 4.68 Å². The van der Waals surface area contributed by atoms with Gasteiger partial charge in [-0.2, -0.15) is 5.10 Å². The molecule has 0 spiro atoms. The van der Waals surface area contributed by atoms with E-state index < -0.39 is 0 Å². The molecular formula is C13H14FN3. The Morgan fingerprint density at radius 3 is 2.82 bits per heavy atom. The molecule has 0 saturated heterocycles. The molecule has 17 heavy (non-hydrogen) atoms. The molecule has 2 N–H and O–H groups in total. The highest BCUT2D eigenvalue weighted by Crippen LogP contribution is 2.35. The van der Waals surface area contributed by atoms with E-state index in [2.05, 4.69) is 5.10 Å². The number of rotatable bonds is 3. The summed E-state index contributed by atoms with van der Waals surface area (Å²) in [6.07, 6.45) is 6.18. The van der Waals surface area contributed by atoms with Crippen LogP contribution in [-0.2, 0) is 6.42 Å². The summed E-state index contributed by atoms with van der Waals surface area (Å²) < 4.78 is 15.4. The lowest BCUT2D eigenvalue weighted by Gasteiger charge is -2.10. The zero-order valence-corrected chi connectivity index (χ0v) is 9.44. The number of hydrogen-bond acceptors (Lipinski definition) is 2. The Labute approximate surface area is 99.1 Å². The van der Waals surface area contributed by atoms with E-state index in [1.54, 1.807) is 30.6 Å². The van der Waals surface area contributed by atoms with E-state index in [-0.39, 0.29) is 11.4 Å². The zero-order valence-electron chi connectivity index (χ0n) is 9.44. The summed E-state index contributed by atoms with van der Waals surface area (Å²) in [4.78, 5) is 0. The molecule has 0 radical (unpaired) electrons. The summed E-state index contributed by atoms with van der Waals surface area (Å²) >= 11 is 0. The van der Waals surface area contributed by atoms with Crippen molar-refractivity contribution in [2.24, 2.45) is 5.73 Å². The van der Waals surface area contributed by atoms with Gasteiger partial charge in [-0.25, -0.2) is 9.07 Å². The first kappa shape index (κ1) is 10.5. The topological polar surface area (TPSA) is 43.8 Å². The molecule has 1 aromatic carbocycles. The van der Waals surface area contributed by atoms with Gasteiger partial charge in [-0.3, -0.25) is 0 Å². The van der Waals surface area contributed by atoms with Crippen LogP contribution in [0.2, 0.25) is 0 Å². The summed E-state index contributed by atoms with van der Waals surface area (Å²) in [5.41, 5.74) is 7.37. The maximum absolute atomic E-state index is 13.9. The Balaban J connectivity index is 1.89. The highest BCUT2D eigenvalue weighted by Gasteiger charge is 2.38. The zero-order chi connectivity index (χ0) is 11.9. The fourth-order valence-electron chi connectivity index (χ4n) is 2.00. The van der Waals surface area contributed by atoms with Crippen LogP contribution in [-0.4, -0.2) is 15.3 Å². The number of hydrogen-bond donors (Lipinski definition) is 1. The van der Waals surface area contributed by atoms with Gasteiger partial charge < -0.3 is 5.73 Å². The van der Waals surface area contributed by atoms with Gasteiger partial charge >= 0.3 is 0 Å². The minimum atomic E-state index is -0.254. The van der Waals surface area contributed by atoms with Crippen molar-refractivity contribution in [2.45, 2.75) is 24.8 Å². The average Bonchev–Trinajstić information content (AvgIpc) is 2.81. The molecule has 0 unspecified atom stereocenters. The summed E-state index contributed by atoms with van der Waals surface area (Å²) in [6.45, 7) is 0. The molecule has 1 fully saturated rings. The number of aromatic nitrogens is 2. The third-order valence-electron chi connectivity index (χ3n) is 3.21. The predicted molar refractivity (Wildman–Crippen MR) is 63.4 cm³/mol. The Morgan fingerprint density at radius 1 is 1.41 bits per heavy atom. The lowest BCUT2D eigenvalue weighted by atomic mass is 10.0. The van der Waals surface area contributed by atoms with E-state index in [1.807, 2.05) is 6.07 Å². The minimum Gasteiger partial charge on any atom is -0.325 e. The highest BCUT2D eigenvalue weighted by molar-refractivity contribution is 5.36. The predicted octanol–water partition coefficient (Wildman–Crippen LogP) is 2.05. The van der Waals surface area contributed by atoms with Crippen LogP contribution in [0.1, 0.15) is 18.4 Å². The first-order valence-corrected chi connectivity index (χ1v) is 5.74. The van der Waals surface area contributed by atoms with Gasteiger partial charge in [-0.1, -0.05) is 6.07 Å². The van der Waals surface area contributed by atoms with Crippen LogP contribution < -0.4 is 5.73 Å². The summed E-state index contributed by atoms with van der Waals surface area (Å²) in [5, 5.41) is 4.02. The first-order valence-electron chi connectivity index (χ1n) is 5.74. The molecule has 1 aliphatic carbocycles. The van der Waals surface area contributed by atoms with Crippen molar-refractivity contribution in [1.29, 1.82) is 0 Å². The van der Waals surface area contributed by atoms with Gasteiger partial charge in [0.1, 0.15) is 11.5 Å². The number of nitrogens with two attached hydrogens (primary N) is 1. The van der Waals surface area contributed by atoms with Gasteiger partial charge in [0, 0.05) is 17.9 Å². The molecular weight excluding hydrogens is 217 g/mol. The SMILES string of the molecule is NC1(Cc2ccc(-n3cccn3)c(F)c2)CC1. The fraction of sp³-hybridized carbons (Fsp3) is 0.308. The van der Waals surface area contributed by atoms with E-state index in [0.717, 1.165) is 24.8 Å². The Bertz CT molecular complexity index is 530. The van der Waals surface area contributed by atoms with Gasteiger partial charge in [0.2, 0.25) is 0 Å². The molecule has 1 aliphatic rings. The minimum absolute atomic E-state index is 0.0837. The largest absolute Gasteiger partial charge is 0.325 e. The lowest BCUT2D eigenvalue weighted by Crippen LogP contribution is -2.24. The van der Waals surface area contributed by atoms with Crippen molar-refractivity contribution < 1.29 is 4.39 Å². The maximum Gasteiger partial charge on any atom is 0.149 e. The lowest BCUT2D eigenvalue weighted by molar-refractivity contribution is 0.603. The van der Waals surface area contributed by atoms with Crippen LogP contribution in [0.5, 0.6) is 0 Å².